The fourth-order valence-electron chi connectivity index (χ4n) is 5.35. The van der Waals surface area contributed by atoms with Gasteiger partial charge in [-0.15, -0.1) is 0 Å². The summed E-state index contributed by atoms with van der Waals surface area (Å²) in [5.41, 5.74) is 4.35. The number of likely N-dealkylation sites (tertiary alicyclic amines) is 2. The standard InChI is InChI=1S/C27H41IN2O7S/c1-19(4-3-5-20(2)18-38(35,36)37)6-7-23-25(30-16-11-22(12-17-30)27(33)34)24(8-13-28-23)29-14-9-21(10-15-29)26(31)32/h5-6,8,13,21-23,28H,3-4,7,9-12,14-18H2,1-2H3,(H,31,32)(H,33,34)(H,35,36,37)/b19-6-,20-5?. The van der Waals surface area contributed by atoms with Crippen LogP contribution in [0.5, 0.6) is 0 Å². The molecule has 0 aliphatic carbocycles. The van der Waals surface area contributed by atoms with Crippen LogP contribution in [-0.2, 0) is 19.7 Å². The first kappa shape index (κ1) is 30.7. The van der Waals surface area contributed by atoms with Gasteiger partial charge in [0.2, 0.25) is 0 Å². The van der Waals surface area contributed by atoms with Gasteiger partial charge in [-0.3, -0.25) is 0 Å². The maximum absolute atomic E-state index is 11.5. The molecular formula is C27H41IN2O7S. The summed E-state index contributed by atoms with van der Waals surface area (Å²) in [4.78, 5) is 27.7. The molecule has 9 nitrogen and oxygen atoms in total. The third-order valence-corrected chi connectivity index (χ3v) is 11.3. The summed E-state index contributed by atoms with van der Waals surface area (Å²) >= 11 is -0.460. The molecule has 2 saturated heterocycles. The van der Waals surface area contributed by atoms with E-state index in [9.17, 15) is 28.2 Å². The Labute approximate surface area is 236 Å². The number of alkyl halides is 1. The molecule has 0 saturated carbocycles. The quantitative estimate of drug-likeness (QED) is 0.128. The van der Waals surface area contributed by atoms with Crippen LogP contribution in [0.2, 0.25) is 0 Å². The van der Waals surface area contributed by atoms with Crippen molar-refractivity contribution in [2.75, 3.05) is 31.9 Å². The van der Waals surface area contributed by atoms with Gasteiger partial charge in [-0.25, -0.2) is 0 Å². The topological polar surface area (TPSA) is 135 Å². The third-order valence-electron chi connectivity index (χ3n) is 7.53. The first-order chi connectivity index (χ1) is 17.9. The van der Waals surface area contributed by atoms with Gasteiger partial charge in [-0.2, -0.15) is 0 Å². The second-order valence-electron chi connectivity index (χ2n) is 10.5. The number of nitrogens with zero attached hydrogens (tertiary/aromatic N) is 2. The summed E-state index contributed by atoms with van der Waals surface area (Å²) < 4.78 is 33.8. The zero-order chi connectivity index (χ0) is 27.9. The number of hydrogen-bond donors (Lipinski definition) is 3. The van der Waals surface area contributed by atoms with E-state index in [-0.39, 0.29) is 17.6 Å². The summed E-state index contributed by atoms with van der Waals surface area (Å²) in [6.07, 6.45) is 11.3. The maximum atomic E-state index is 11.5. The van der Waals surface area contributed by atoms with E-state index >= 15 is 0 Å². The van der Waals surface area contributed by atoms with Gasteiger partial charge in [0, 0.05) is 0 Å². The van der Waals surface area contributed by atoms with E-state index in [4.69, 9.17) is 4.55 Å². The Morgan fingerprint density at radius 2 is 1.50 bits per heavy atom. The van der Waals surface area contributed by atoms with Gasteiger partial charge in [0.05, 0.1) is 0 Å². The fourth-order valence-corrected chi connectivity index (χ4v) is 8.91. The number of halogens is 1. The Kier molecular flexibility index (Phi) is 11.3. The Bertz CT molecular complexity index is 1100. The molecule has 38 heavy (non-hydrogen) atoms. The molecule has 3 rings (SSSR count). The molecule has 0 spiro atoms. The number of carbonyl (C=O) groups is 2. The van der Waals surface area contributed by atoms with Crippen molar-refractivity contribution >= 4 is 43.3 Å². The fraction of sp³-hybridized carbons (Fsp3) is 0.630. The molecule has 0 aromatic carbocycles. The van der Waals surface area contributed by atoms with Gasteiger partial charge in [-0.05, 0) is 0 Å². The molecule has 0 bridgehead atoms. The summed E-state index contributed by atoms with van der Waals surface area (Å²) in [6, 6.07) is 0. The Hall–Kier alpha value is -1.86. The van der Waals surface area contributed by atoms with Crippen LogP contribution in [0.25, 0.3) is 0 Å². The van der Waals surface area contributed by atoms with Crippen LogP contribution in [-0.4, -0.2) is 80.8 Å². The van der Waals surface area contributed by atoms with Crippen molar-refractivity contribution in [2.45, 2.75) is 62.7 Å². The number of rotatable bonds is 11. The van der Waals surface area contributed by atoms with Crippen LogP contribution >= 0.6 is 21.2 Å². The van der Waals surface area contributed by atoms with Crippen LogP contribution in [0.4, 0.5) is 0 Å². The molecule has 214 valence electrons. The molecule has 1 atom stereocenters. The zero-order valence-electron chi connectivity index (χ0n) is 22.2. The number of carboxylic acids is 2. The molecule has 3 aliphatic heterocycles. The predicted molar refractivity (Wildman–Crippen MR) is 157 cm³/mol. The number of allylic oxidation sites excluding steroid dienone is 5. The van der Waals surface area contributed by atoms with Crippen LogP contribution < -0.4 is 0 Å². The Morgan fingerprint density at radius 1 is 0.947 bits per heavy atom. The molecule has 0 radical (unpaired) electrons. The van der Waals surface area contributed by atoms with E-state index in [2.05, 4.69) is 33.0 Å². The van der Waals surface area contributed by atoms with Crippen LogP contribution in [0.3, 0.4) is 0 Å². The second-order valence-corrected chi connectivity index (χ2v) is 15.1. The molecule has 0 aromatic heterocycles. The van der Waals surface area contributed by atoms with Gasteiger partial charge >= 0.3 is 237 Å². The van der Waals surface area contributed by atoms with Crippen molar-refractivity contribution in [1.82, 2.24) is 9.80 Å². The van der Waals surface area contributed by atoms with E-state index in [0.717, 1.165) is 25.9 Å². The first-order valence-corrected chi connectivity index (χ1v) is 17.5. The van der Waals surface area contributed by atoms with Gasteiger partial charge in [-0.1, -0.05) is 0 Å². The van der Waals surface area contributed by atoms with E-state index in [1.54, 1.807) is 6.92 Å². The van der Waals surface area contributed by atoms with Crippen molar-refractivity contribution in [3.8, 4) is 0 Å². The number of carboxylic acid groups (broad SMARTS) is 2. The molecule has 3 aliphatic rings. The van der Waals surface area contributed by atoms with E-state index < -0.39 is 43.3 Å². The van der Waals surface area contributed by atoms with Crippen LogP contribution in [0.1, 0.15) is 58.8 Å². The monoisotopic (exact) mass is 664 g/mol. The normalized spacial score (nSPS) is 23.0. The van der Waals surface area contributed by atoms with E-state index in [0.29, 0.717) is 54.7 Å². The molecule has 0 amide bonds. The average Bonchev–Trinajstić information content (AvgIpc) is 2.86. The Morgan fingerprint density at radius 3 is 2.03 bits per heavy atom. The van der Waals surface area contributed by atoms with Crippen molar-refractivity contribution in [3.05, 3.63) is 44.9 Å². The molecule has 0 aromatic rings. The molecule has 1 unspecified atom stereocenters. The predicted octanol–water partition coefficient (Wildman–Crippen LogP) is 4.34. The van der Waals surface area contributed by atoms with Crippen LogP contribution in [0.15, 0.2) is 44.9 Å². The first-order valence-electron chi connectivity index (χ1n) is 13.2. The molecule has 3 N–H and O–H groups in total. The van der Waals surface area contributed by atoms with E-state index in [1.807, 2.05) is 6.08 Å². The third kappa shape index (κ3) is 9.11. The van der Waals surface area contributed by atoms with Gasteiger partial charge in [0.25, 0.3) is 0 Å². The van der Waals surface area contributed by atoms with Gasteiger partial charge in [0.1, 0.15) is 0 Å². The van der Waals surface area contributed by atoms with Crippen molar-refractivity contribution < 1.29 is 32.8 Å². The average molecular weight is 665 g/mol. The van der Waals surface area contributed by atoms with E-state index in [1.165, 1.54) is 17.0 Å². The van der Waals surface area contributed by atoms with Crippen molar-refractivity contribution in [1.29, 1.82) is 0 Å². The molecule has 2 fully saturated rings. The minimum atomic E-state index is -4.01. The zero-order valence-corrected chi connectivity index (χ0v) is 25.4. The summed E-state index contributed by atoms with van der Waals surface area (Å²) in [5.74, 6) is -2.37. The number of aliphatic carboxylic acids is 2. The SMILES string of the molecule is CC(=CCC/C(C)=C\CC1[IH]C=CC(N2CCC(C(=O)O)CC2)=C1N1CCC(C(=O)O)CC1)CS(=O)(=O)O. The van der Waals surface area contributed by atoms with Gasteiger partial charge < -0.3 is 0 Å². The second kappa shape index (κ2) is 14.0. The molecular weight excluding hydrogens is 623 g/mol. The molecule has 11 heteroatoms. The summed E-state index contributed by atoms with van der Waals surface area (Å²) in [6.45, 7) is 6.66. The minimum absolute atomic E-state index is 0.292. The van der Waals surface area contributed by atoms with Crippen molar-refractivity contribution in [3.63, 3.8) is 0 Å². The summed E-state index contributed by atoms with van der Waals surface area (Å²) in [5, 5.41) is 18.9. The number of piperidine rings is 2. The van der Waals surface area contributed by atoms with Gasteiger partial charge in [0.15, 0.2) is 0 Å². The number of hydrogen-bond acceptors (Lipinski definition) is 6. The Balaban J connectivity index is 1.74. The molecule has 3 heterocycles. The van der Waals surface area contributed by atoms with Crippen LogP contribution in [0, 0.1) is 11.8 Å². The summed E-state index contributed by atoms with van der Waals surface area (Å²) in [7, 11) is -4.01. The van der Waals surface area contributed by atoms with Crippen molar-refractivity contribution in [2.24, 2.45) is 11.8 Å².